The summed E-state index contributed by atoms with van der Waals surface area (Å²) < 4.78 is 5.10. The number of ether oxygens (including phenoxy) is 1. The molecule has 0 aromatic carbocycles. The fourth-order valence-corrected chi connectivity index (χ4v) is 1.26. The van der Waals surface area contributed by atoms with Crippen molar-refractivity contribution < 1.29 is 4.74 Å². The quantitative estimate of drug-likeness (QED) is 0.417. The first-order valence-electron chi connectivity index (χ1n) is 6.07. The van der Waals surface area contributed by atoms with Gasteiger partial charge in [-0.1, -0.05) is 13.8 Å². The van der Waals surface area contributed by atoms with Crippen molar-refractivity contribution in [3.63, 3.8) is 0 Å². The number of nitrogens with one attached hydrogen (secondary N) is 2. The molecule has 0 rings (SSSR count). The maximum Gasteiger partial charge on any atom is 0.191 e. The van der Waals surface area contributed by atoms with Gasteiger partial charge < -0.3 is 15.4 Å². The fourth-order valence-electron chi connectivity index (χ4n) is 1.26. The Morgan fingerprint density at radius 1 is 1.18 bits per heavy atom. The van der Waals surface area contributed by atoms with Gasteiger partial charge in [-0.25, -0.2) is 0 Å². The first-order chi connectivity index (χ1) is 7.55. The van der Waals surface area contributed by atoms with Crippen LogP contribution in [0.5, 0.6) is 0 Å². The summed E-state index contributed by atoms with van der Waals surface area (Å²) in [5, 5.41) is 6.44. The first-order valence-corrected chi connectivity index (χ1v) is 6.07. The summed E-state index contributed by atoms with van der Waals surface area (Å²) in [6.45, 7) is 12.0. The predicted octanol–water partition coefficient (Wildman–Crippen LogP) is 2.24. The topological polar surface area (TPSA) is 45.7 Å². The van der Waals surface area contributed by atoms with Gasteiger partial charge in [0.25, 0.3) is 0 Å². The van der Waals surface area contributed by atoms with E-state index < -0.39 is 0 Å². The molecule has 0 aromatic rings. The average Bonchev–Trinajstić information content (AvgIpc) is 2.24. The molecule has 0 saturated carbocycles. The van der Waals surface area contributed by atoms with Gasteiger partial charge in [0.15, 0.2) is 5.96 Å². The van der Waals surface area contributed by atoms with E-state index in [1.54, 1.807) is 7.11 Å². The molecule has 0 aromatic heterocycles. The largest absolute Gasteiger partial charge is 0.385 e. The van der Waals surface area contributed by atoms with Crippen molar-refractivity contribution in [2.24, 2.45) is 10.4 Å². The Kier molecular flexibility index (Phi) is 12.6. The molecule has 104 valence electrons. The highest BCUT2D eigenvalue weighted by molar-refractivity contribution is 14.0. The highest BCUT2D eigenvalue weighted by Crippen LogP contribution is 2.20. The molecule has 0 saturated heterocycles. The number of nitrogens with zero attached hydrogens (tertiary/aromatic N) is 1. The Morgan fingerprint density at radius 2 is 1.71 bits per heavy atom. The van der Waals surface area contributed by atoms with Gasteiger partial charge in [0.05, 0.1) is 0 Å². The maximum atomic E-state index is 5.10. The summed E-state index contributed by atoms with van der Waals surface area (Å²) >= 11 is 0. The van der Waals surface area contributed by atoms with E-state index in [2.05, 4.69) is 43.3 Å². The van der Waals surface area contributed by atoms with Crippen LogP contribution in [0.15, 0.2) is 4.99 Å². The average molecular weight is 357 g/mol. The second-order valence-electron chi connectivity index (χ2n) is 4.63. The van der Waals surface area contributed by atoms with E-state index in [0.717, 1.165) is 38.6 Å². The van der Waals surface area contributed by atoms with E-state index in [-0.39, 0.29) is 29.4 Å². The van der Waals surface area contributed by atoms with Crippen molar-refractivity contribution in [3.8, 4) is 0 Å². The normalized spacial score (nSPS) is 10.4. The lowest BCUT2D eigenvalue weighted by Crippen LogP contribution is -2.38. The molecule has 0 amide bonds. The monoisotopic (exact) mass is 357 g/mol. The molecule has 0 aliphatic carbocycles. The lowest BCUT2D eigenvalue weighted by atomic mass is 9.90. The van der Waals surface area contributed by atoms with Crippen LogP contribution in [0.3, 0.4) is 0 Å². The minimum atomic E-state index is 0. The summed E-state index contributed by atoms with van der Waals surface area (Å²) in [5.74, 6) is 0.899. The van der Waals surface area contributed by atoms with Crippen molar-refractivity contribution in [2.45, 2.75) is 34.1 Å². The van der Waals surface area contributed by atoms with Crippen LogP contribution in [-0.2, 0) is 4.74 Å². The molecule has 0 aliphatic heterocycles. The second kappa shape index (κ2) is 11.1. The summed E-state index contributed by atoms with van der Waals surface area (Å²) in [6, 6.07) is 0. The summed E-state index contributed by atoms with van der Waals surface area (Å²) in [5.41, 5.74) is 0.187. The molecular weight excluding hydrogens is 329 g/mol. The van der Waals surface area contributed by atoms with Gasteiger partial charge in [-0.05, 0) is 25.7 Å². The van der Waals surface area contributed by atoms with Crippen molar-refractivity contribution in [1.82, 2.24) is 10.6 Å². The van der Waals surface area contributed by atoms with Crippen molar-refractivity contribution in [2.75, 3.05) is 33.4 Å². The molecule has 0 spiro atoms. The van der Waals surface area contributed by atoms with E-state index in [1.165, 1.54) is 0 Å². The number of halogens is 1. The van der Waals surface area contributed by atoms with Gasteiger partial charge in [-0.2, -0.15) is 0 Å². The Bertz CT molecular complexity index is 200. The fraction of sp³-hybridized carbons (Fsp3) is 0.917. The number of methoxy groups -OCH3 is 1. The Hall–Kier alpha value is -0.0400. The van der Waals surface area contributed by atoms with E-state index in [0.29, 0.717) is 0 Å². The zero-order valence-electron chi connectivity index (χ0n) is 11.8. The van der Waals surface area contributed by atoms with Crippen LogP contribution in [0.4, 0.5) is 0 Å². The lowest BCUT2D eigenvalue weighted by molar-refractivity contribution is 0.155. The minimum absolute atomic E-state index is 0. The Labute approximate surface area is 123 Å². The van der Waals surface area contributed by atoms with Gasteiger partial charge in [0.2, 0.25) is 0 Å². The number of guanidine groups is 1. The summed E-state index contributed by atoms with van der Waals surface area (Å²) in [6.07, 6.45) is 1.03. The Morgan fingerprint density at radius 3 is 2.12 bits per heavy atom. The van der Waals surface area contributed by atoms with Crippen molar-refractivity contribution >= 4 is 29.9 Å². The van der Waals surface area contributed by atoms with Crippen molar-refractivity contribution in [1.29, 1.82) is 0 Å². The number of hydrogen-bond donors (Lipinski definition) is 2. The van der Waals surface area contributed by atoms with Crippen LogP contribution in [0.25, 0.3) is 0 Å². The third-order valence-electron chi connectivity index (χ3n) is 2.34. The highest BCUT2D eigenvalue weighted by atomic mass is 127. The zero-order chi connectivity index (χ0) is 12.4. The van der Waals surface area contributed by atoms with E-state index in [9.17, 15) is 0 Å². The maximum absolute atomic E-state index is 5.10. The molecule has 0 bridgehead atoms. The van der Waals surface area contributed by atoms with Gasteiger partial charge in [-0.15, -0.1) is 24.0 Å². The second-order valence-corrected chi connectivity index (χ2v) is 4.63. The number of aliphatic imine (C=N–C) groups is 1. The molecule has 0 unspecified atom stereocenters. The highest BCUT2D eigenvalue weighted by Gasteiger charge is 2.17. The van der Waals surface area contributed by atoms with E-state index in [4.69, 9.17) is 4.74 Å². The van der Waals surface area contributed by atoms with Gasteiger partial charge >= 0.3 is 0 Å². The molecular formula is C12H28IN3O. The molecule has 0 atom stereocenters. The van der Waals surface area contributed by atoms with Crippen LogP contribution >= 0.6 is 24.0 Å². The van der Waals surface area contributed by atoms with E-state index >= 15 is 0 Å². The van der Waals surface area contributed by atoms with Crippen LogP contribution in [0, 0.1) is 5.41 Å². The molecule has 5 heteroatoms. The summed E-state index contributed by atoms with van der Waals surface area (Å²) in [4.78, 5) is 4.57. The Balaban J connectivity index is 0. The van der Waals surface area contributed by atoms with Crippen LogP contribution in [0.2, 0.25) is 0 Å². The first kappa shape index (κ1) is 19.3. The third kappa shape index (κ3) is 10.8. The molecule has 4 nitrogen and oxygen atoms in total. The predicted molar refractivity (Wildman–Crippen MR) is 85.3 cm³/mol. The van der Waals surface area contributed by atoms with Gasteiger partial charge in [-0.3, -0.25) is 4.99 Å². The van der Waals surface area contributed by atoms with Gasteiger partial charge in [0.1, 0.15) is 0 Å². The zero-order valence-corrected chi connectivity index (χ0v) is 14.1. The number of hydrogen-bond acceptors (Lipinski definition) is 2. The molecule has 2 N–H and O–H groups in total. The minimum Gasteiger partial charge on any atom is -0.385 e. The smallest absolute Gasteiger partial charge is 0.191 e. The van der Waals surface area contributed by atoms with Crippen LogP contribution in [0.1, 0.15) is 34.1 Å². The van der Waals surface area contributed by atoms with E-state index in [1.807, 2.05) is 0 Å². The van der Waals surface area contributed by atoms with Gasteiger partial charge in [0, 0.05) is 33.4 Å². The number of rotatable bonds is 7. The van der Waals surface area contributed by atoms with Crippen LogP contribution in [-0.4, -0.2) is 39.3 Å². The molecule has 0 fully saturated rings. The third-order valence-corrected chi connectivity index (χ3v) is 2.34. The molecule has 0 radical (unpaired) electrons. The lowest BCUT2D eigenvalue weighted by Gasteiger charge is -2.22. The SMILES string of the molecule is CCNC(=NCC(C)(C)CCOC)NCC.I. The van der Waals surface area contributed by atoms with Crippen LogP contribution < -0.4 is 10.6 Å². The molecule has 0 aliphatic rings. The standard InChI is InChI=1S/C12H27N3O.HI/c1-6-13-11(14-7-2)15-10-12(3,4)8-9-16-5;/h6-10H2,1-5H3,(H2,13,14,15);1H. The molecule has 17 heavy (non-hydrogen) atoms. The molecule has 0 heterocycles. The van der Waals surface area contributed by atoms with Crippen molar-refractivity contribution in [3.05, 3.63) is 0 Å². The summed E-state index contributed by atoms with van der Waals surface area (Å²) in [7, 11) is 1.74.